The molecule has 29 heavy (non-hydrogen) atoms. The lowest BCUT2D eigenvalue weighted by molar-refractivity contribution is -0.384. The zero-order valence-corrected chi connectivity index (χ0v) is 17.3. The van der Waals surface area contributed by atoms with Crippen LogP contribution in [0.5, 0.6) is 11.5 Å². The number of rotatable bonds is 11. The highest BCUT2D eigenvalue weighted by Gasteiger charge is 2.36. The smallest absolute Gasteiger partial charge is 0.269 e. The number of hydrogen-bond donors (Lipinski definition) is 0. The van der Waals surface area contributed by atoms with Crippen molar-refractivity contribution >= 4 is 5.69 Å². The number of nitro groups is 1. The summed E-state index contributed by atoms with van der Waals surface area (Å²) < 4.78 is 12.5. The molecule has 0 aliphatic carbocycles. The van der Waals surface area contributed by atoms with Crippen LogP contribution in [0.3, 0.4) is 0 Å². The molecule has 0 saturated carbocycles. The molecule has 0 saturated heterocycles. The number of benzene rings is 2. The molecular formula is C24H31NO4. The van der Waals surface area contributed by atoms with E-state index in [4.69, 9.17) is 9.47 Å². The number of para-hydroxylation sites is 1. The first-order valence-electron chi connectivity index (χ1n) is 10.8. The van der Waals surface area contributed by atoms with Crippen LogP contribution in [0.1, 0.15) is 63.9 Å². The molecule has 1 heterocycles. The molecule has 1 unspecified atom stereocenters. The second-order valence-corrected chi connectivity index (χ2v) is 7.95. The second kappa shape index (κ2) is 10.3. The summed E-state index contributed by atoms with van der Waals surface area (Å²) in [6, 6.07) is 14.5. The highest BCUT2D eigenvalue weighted by Crippen LogP contribution is 2.37. The fraction of sp³-hybridized carbons (Fsp3) is 0.500. The average molecular weight is 398 g/mol. The minimum Gasteiger partial charge on any atom is -0.489 e. The van der Waals surface area contributed by atoms with Gasteiger partial charge in [-0.15, -0.1) is 0 Å². The second-order valence-electron chi connectivity index (χ2n) is 7.95. The summed E-state index contributed by atoms with van der Waals surface area (Å²) >= 11 is 0. The van der Waals surface area contributed by atoms with Crippen molar-refractivity contribution in [3.05, 3.63) is 64.2 Å². The molecule has 0 N–H and O–H groups in total. The third-order valence-corrected chi connectivity index (χ3v) is 5.68. The van der Waals surface area contributed by atoms with Crippen LogP contribution in [-0.4, -0.2) is 17.1 Å². The van der Waals surface area contributed by atoms with Gasteiger partial charge in [0, 0.05) is 12.1 Å². The van der Waals surface area contributed by atoms with Gasteiger partial charge < -0.3 is 9.47 Å². The van der Waals surface area contributed by atoms with Crippen LogP contribution in [0.25, 0.3) is 0 Å². The molecule has 0 amide bonds. The first-order valence-corrected chi connectivity index (χ1v) is 10.8. The van der Waals surface area contributed by atoms with Gasteiger partial charge >= 0.3 is 0 Å². The van der Waals surface area contributed by atoms with Crippen molar-refractivity contribution in [1.82, 2.24) is 0 Å². The Labute approximate surface area is 173 Å². The Morgan fingerprint density at radius 2 is 1.76 bits per heavy atom. The van der Waals surface area contributed by atoms with Crippen molar-refractivity contribution in [2.24, 2.45) is 0 Å². The van der Waals surface area contributed by atoms with Gasteiger partial charge in [0.2, 0.25) is 0 Å². The van der Waals surface area contributed by atoms with Crippen LogP contribution in [-0.2, 0) is 6.42 Å². The Morgan fingerprint density at radius 1 is 1.03 bits per heavy atom. The molecule has 0 fully saturated rings. The van der Waals surface area contributed by atoms with Crippen LogP contribution >= 0.6 is 0 Å². The third kappa shape index (κ3) is 5.96. The van der Waals surface area contributed by atoms with Crippen molar-refractivity contribution in [2.45, 2.75) is 70.3 Å². The summed E-state index contributed by atoms with van der Waals surface area (Å²) in [6.45, 7) is 2.69. The number of nitro benzene ring substituents is 1. The monoisotopic (exact) mass is 397 g/mol. The minimum absolute atomic E-state index is 0.0713. The lowest BCUT2D eigenvalue weighted by Gasteiger charge is -2.38. The highest BCUT2D eigenvalue weighted by atomic mass is 16.6. The number of unbranched alkanes of at least 4 members (excludes halogenated alkanes) is 5. The van der Waals surface area contributed by atoms with E-state index in [0.717, 1.165) is 31.4 Å². The van der Waals surface area contributed by atoms with E-state index in [1.807, 2.05) is 12.1 Å². The lowest BCUT2D eigenvalue weighted by Crippen LogP contribution is -2.45. The summed E-state index contributed by atoms with van der Waals surface area (Å²) in [5.74, 6) is 1.59. The number of ether oxygens (including phenoxy) is 2. The topological polar surface area (TPSA) is 61.6 Å². The fourth-order valence-electron chi connectivity index (χ4n) is 3.91. The van der Waals surface area contributed by atoms with Gasteiger partial charge in [0.05, 0.1) is 4.92 Å². The molecule has 5 heteroatoms. The van der Waals surface area contributed by atoms with Crippen molar-refractivity contribution < 1.29 is 14.4 Å². The van der Waals surface area contributed by atoms with Crippen LogP contribution in [0, 0.1) is 10.1 Å². The first-order chi connectivity index (χ1) is 14.1. The van der Waals surface area contributed by atoms with Crippen molar-refractivity contribution in [1.29, 1.82) is 0 Å². The van der Waals surface area contributed by atoms with Gasteiger partial charge in [-0.2, -0.15) is 0 Å². The Kier molecular flexibility index (Phi) is 7.50. The van der Waals surface area contributed by atoms with E-state index in [9.17, 15) is 10.1 Å². The van der Waals surface area contributed by atoms with E-state index in [0.29, 0.717) is 12.4 Å². The molecule has 0 spiro atoms. The Morgan fingerprint density at radius 3 is 2.52 bits per heavy atom. The zero-order chi connectivity index (χ0) is 20.5. The van der Waals surface area contributed by atoms with Crippen molar-refractivity contribution in [2.75, 3.05) is 6.61 Å². The molecule has 2 aromatic rings. The molecule has 1 atom stereocenters. The molecule has 2 aromatic carbocycles. The van der Waals surface area contributed by atoms with Gasteiger partial charge in [-0.25, -0.2) is 0 Å². The van der Waals surface area contributed by atoms with E-state index in [2.05, 4.69) is 19.1 Å². The number of hydrogen-bond acceptors (Lipinski definition) is 4. The quantitative estimate of drug-likeness (QED) is 0.247. The Hall–Kier alpha value is -2.56. The standard InChI is InChI=1S/C24H31NO4/c1-2-3-4-5-6-9-17-24(18-16-20-10-7-8-11-23(20)29-24)19-28-22-14-12-21(13-15-22)25(26)27/h7-8,10-15H,2-6,9,16-19H2,1H3. The van der Waals surface area contributed by atoms with E-state index in [-0.39, 0.29) is 11.3 Å². The summed E-state index contributed by atoms with van der Waals surface area (Å²) in [5, 5.41) is 10.8. The number of fused-ring (bicyclic) bond motifs is 1. The molecule has 1 aliphatic heterocycles. The van der Waals surface area contributed by atoms with E-state index < -0.39 is 4.92 Å². The molecule has 156 valence electrons. The third-order valence-electron chi connectivity index (χ3n) is 5.68. The maximum atomic E-state index is 10.8. The summed E-state index contributed by atoms with van der Waals surface area (Å²) in [6.07, 6.45) is 10.3. The normalized spacial score (nSPS) is 18.0. The van der Waals surface area contributed by atoms with Gasteiger partial charge in [-0.05, 0) is 49.4 Å². The Bertz CT molecular complexity index is 790. The number of aryl methyl sites for hydroxylation is 1. The van der Waals surface area contributed by atoms with E-state index in [1.54, 1.807) is 12.1 Å². The molecule has 5 nitrogen and oxygen atoms in total. The number of non-ortho nitro benzene ring substituents is 1. The van der Waals surface area contributed by atoms with Crippen LogP contribution in [0.15, 0.2) is 48.5 Å². The molecular weight excluding hydrogens is 366 g/mol. The van der Waals surface area contributed by atoms with Crippen molar-refractivity contribution in [3.8, 4) is 11.5 Å². The first kappa shape index (κ1) is 21.2. The highest BCUT2D eigenvalue weighted by molar-refractivity contribution is 5.37. The zero-order valence-electron chi connectivity index (χ0n) is 17.3. The van der Waals surface area contributed by atoms with E-state index in [1.165, 1.54) is 49.8 Å². The maximum Gasteiger partial charge on any atom is 0.269 e. The Balaban J connectivity index is 1.63. The van der Waals surface area contributed by atoms with E-state index >= 15 is 0 Å². The van der Waals surface area contributed by atoms with Crippen LogP contribution in [0.2, 0.25) is 0 Å². The van der Waals surface area contributed by atoms with Crippen LogP contribution in [0.4, 0.5) is 5.69 Å². The minimum atomic E-state index is -0.398. The molecule has 0 radical (unpaired) electrons. The maximum absolute atomic E-state index is 10.8. The van der Waals surface area contributed by atoms with Crippen molar-refractivity contribution in [3.63, 3.8) is 0 Å². The van der Waals surface area contributed by atoms with Gasteiger partial charge in [-0.1, -0.05) is 57.2 Å². The molecule has 0 bridgehead atoms. The number of nitrogens with zero attached hydrogens (tertiary/aromatic N) is 1. The van der Waals surface area contributed by atoms with Gasteiger partial charge in [0.15, 0.2) is 0 Å². The molecule has 0 aromatic heterocycles. The largest absolute Gasteiger partial charge is 0.489 e. The van der Waals surface area contributed by atoms with Crippen LogP contribution < -0.4 is 9.47 Å². The fourth-order valence-corrected chi connectivity index (χ4v) is 3.91. The SMILES string of the molecule is CCCCCCCCC1(COc2ccc([N+](=O)[O-])cc2)CCc2ccccc2O1. The summed E-state index contributed by atoms with van der Waals surface area (Å²) in [4.78, 5) is 10.4. The van der Waals surface area contributed by atoms with Gasteiger partial charge in [0.25, 0.3) is 5.69 Å². The summed E-state index contributed by atoms with van der Waals surface area (Å²) in [5.41, 5.74) is 0.976. The van der Waals surface area contributed by atoms with Gasteiger partial charge in [0.1, 0.15) is 23.7 Å². The lowest BCUT2D eigenvalue weighted by atomic mass is 9.87. The predicted octanol–water partition coefficient (Wildman–Crippen LogP) is 6.49. The predicted molar refractivity (Wildman–Crippen MR) is 115 cm³/mol. The average Bonchev–Trinajstić information content (AvgIpc) is 2.75. The summed E-state index contributed by atoms with van der Waals surface area (Å²) in [7, 11) is 0. The van der Waals surface area contributed by atoms with Gasteiger partial charge in [-0.3, -0.25) is 10.1 Å². The molecule has 3 rings (SSSR count). The molecule has 1 aliphatic rings.